The molecule has 0 unspecified atom stereocenters. The van der Waals surface area contributed by atoms with Crippen molar-refractivity contribution >= 4 is 50.6 Å². The number of hydrogen-bond acceptors (Lipinski definition) is 7. The normalized spacial score (nSPS) is 11.1. The van der Waals surface area contributed by atoms with Gasteiger partial charge in [-0.25, -0.2) is 4.98 Å². The van der Waals surface area contributed by atoms with Gasteiger partial charge < -0.3 is 20.9 Å². The van der Waals surface area contributed by atoms with Gasteiger partial charge in [-0.3, -0.25) is 4.57 Å². The molecule has 132 valence electrons. The standard InChI is InChI=1S/C15H16BrClN6O2/c1-6-8(24-2)4-7(9(16)11(6)25-3)5-23-13-10(20-15(23)19)12(17)21-14(18)22-13/h4H,5H2,1-3H3,(H2,19,20)(H2,18,21,22). The fraction of sp³-hybridized carbons (Fsp3) is 0.267. The molecule has 0 bridgehead atoms. The van der Waals surface area contributed by atoms with E-state index < -0.39 is 0 Å². The van der Waals surface area contributed by atoms with Crippen LogP contribution in [0.4, 0.5) is 11.9 Å². The van der Waals surface area contributed by atoms with Gasteiger partial charge in [0.05, 0.1) is 25.2 Å². The van der Waals surface area contributed by atoms with Crippen LogP contribution in [0.1, 0.15) is 11.1 Å². The summed E-state index contributed by atoms with van der Waals surface area (Å²) in [5, 5.41) is 0.158. The molecule has 8 nitrogen and oxygen atoms in total. The summed E-state index contributed by atoms with van der Waals surface area (Å²) in [5.41, 5.74) is 14.4. The van der Waals surface area contributed by atoms with Crippen LogP contribution in [0.2, 0.25) is 5.15 Å². The van der Waals surface area contributed by atoms with Gasteiger partial charge >= 0.3 is 0 Å². The molecule has 2 heterocycles. The molecule has 0 amide bonds. The van der Waals surface area contributed by atoms with Crippen LogP contribution in [0.5, 0.6) is 11.5 Å². The Kier molecular flexibility index (Phi) is 4.61. The van der Waals surface area contributed by atoms with E-state index in [9.17, 15) is 0 Å². The summed E-state index contributed by atoms with van der Waals surface area (Å²) in [6.45, 7) is 2.28. The minimum Gasteiger partial charge on any atom is -0.496 e. The highest BCUT2D eigenvalue weighted by molar-refractivity contribution is 9.10. The lowest BCUT2D eigenvalue weighted by Gasteiger charge is -2.16. The fourth-order valence-electron chi connectivity index (χ4n) is 2.65. The van der Waals surface area contributed by atoms with Crippen molar-refractivity contribution in [3.8, 4) is 11.5 Å². The molecule has 3 rings (SSSR count). The van der Waals surface area contributed by atoms with E-state index in [-0.39, 0.29) is 17.0 Å². The van der Waals surface area contributed by atoms with Crippen LogP contribution in [0, 0.1) is 6.92 Å². The third kappa shape index (κ3) is 2.93. The van der Waals surface area contributed by atoms with Crippen molar-refractivity contribution in [2.24, 2.45) is 0 Å². The third-order valence-electron chi connectivity index (χ3n) is 3.85. The maximum atomic E-state index is 6.09. The number of rotatable bonds is 4. The van der Waals surface area contributed by atoms with Crippen LogP contribution < -0.4 is 20.9 Å². The molecular formula is C15H16BrClN6O2. The average Bonchev–Trinajstić information content (AvgIpc) is 2.87. The van der Waals surface area contributed by atoms with Gasteiger partial charge in [0, 0.05) is 5.56 Å². The zero-order valence-corrected chi connectivity index (χ0v) is 16.1. The molecule has 2 aromatic heterocycles. The second-order valence-corrected chi connectivity index (χ2v) is 6.46. The van der Waals surface area contributed by atoms with Gasteiger partial charge in [0.2, 0.25) is 11.9 Å². The lowest BCUT2D eigenvalue weighted by molar-refractivity contribution is 0.386. The highest BCUT2D eigenvalue weighted by atomic mass is 79.9. The van der Waals surface area contributed by atoms with Crippen LogP contribution in [-0.2, 0) is 6.54 Å². The number of fused-ring (bicyclic) bond motifs is 1. The van der Waals surface area contributed by atoms with Gasteiger partial charge in [-0.05, 0) is 34.5 Å². The first-order valence-electron chi connectivity index (χ1n) is 7.22. The van der Waals surface area contributed by atoms with Crippen LogP contribution in [0.3, 0.4) is 0 Å². The Hall–Kier alpha value is -2.26. The largest absolute Gasteiger partial charge is 0.496 e. The van der Waals surface area contributed by atoms with E-state index in [0.717, 1.165) is 15.6 Å². The van der Waals surface area contributed by atoms with Crippen LogP contribution in [0.15, 0.2) is 10.5 Å². The Morgan fingerprint density at radius 2 is 1.92 bits per heavy atom. The first-order valence-corrected chi connectivity index (χ1v) is 8.39. The van der Waals surface area contributed by atoms with Gasteiger partial charge in [0.1, 0.15) is 17.0 Å². The number of anilines is 2. The summed E-state index contributed by atoms with van der Waals surface area (Å²) < 4.78 is 13.4. The van der Waals surface area contributed by atoms with Gasteiger partial charge in [-0.2, -0.15) is 9.97 Å². The van der Waals surface area contributed by atoms with Crippen molar-refractivity contribution in [1.82, 2.24) is 19.5 Å². The predicted molar refractivity (Wildman–Crippen MR) is 100 cm³/mol. The monoisotopic (exact) mass is 426 g/mol. The lowest BCUT2D eigenvalue weighted by Crippen LogP contribution is -2.08. The first-order chi connectivity index (χ1) is 11.9. The molecular weight excluding hydrogens is 412 g/mol. The third-order valence-corrected chi connectivity index (χ3v) is 4.98. The zero-order valence-electron chi connectivity index (χ0n) is 13.8. The number of benzene rings is 1. The van der Waals surface area contributed by atoms with E-state index in [2.05, 4.69) is 30.9 Å². The number of nitrogens with two attached hydrogens (primary N) is 2. The number of halogens is 2. The predicted octanol–water partition coefficient (Wildman–Crippen LogP) is 2.78. The van der Waals surface area contributed by atoms with E-state index in [1.807, 2.05) is 13.0 Å². The number of nitrogen functional groups attached to an aromatic ring is 2. The van der Waals surface area contributed by atoms with Crippen molar-refractivity contribution in [1.29, 1.82) is 0 Å². The Labute approximate surface area is 157 Å². The molecule has 0 atom stereocenters. The second kappa shape index (κ2) is 6.57. The molecule has 0 spiro atoms. The van der Waals surface area contributed by atoms with Gasteiger partial charge in [0.15, 0.2) is 10.8 Å². The van der Waals surface area contributed by atoms with Crippen LogP contribution in [-0.4, -0.2) is 33.7 Å². The number of nitrogens with zero attached hydrogens (tertiary/aromatic N) is 4. The molecule has 10 heteroatoms. The number of aromatic nitrogens is 4. The van der Waals surface area contributed by atoms with Crippen molar-refractivity contribution < 1.29 is 9.47 Å². The highest BCUT2D eigenvalue weighted by Gasteiger charge is 2.19. The molecule has 25 heavy (non-hydrogen) atoms. The summed E-state index contributed by atoms with van der Waals surface area (Å²) in [4.78, 5) is 12.3. The zero-order chi connectivity index (χ0) is 18.3. The summed E-state index contributed by atoms with van der Waals surface area (Å²) in [6, 6.07) is 1.90. The number of methoxy groups -OCH3 is 2. The molecule has 3 aromatic rings. The Balaban J connectivity index is 2.18. The van der Waals surface area contributed by atoms with Crippen molar-refractivity contribution in [3.05, 3.63) is 26.8 Å². The van der Waals surface area contributed by atoms with E-state index in [1.54, 1.807) is 18.8 Å². The SMILES string of the molecule is COc1cc(Cn2c(N)nc3c(Cl)nc(N)nc32)c(Br)c(OC)c1C. The maximum absolute atomic E-state index is 6.09. The Bertz CT molecular complexity index is 975. The van der Waals surface area contributed by atoms with Gasteiger partial charge in [0.25, 0.3) is 0 Å². The quantitative estimate of drug-likeness (QED) is 0.615. The molecule has 0 aliphatic heterocycles. The van der Waals surface area contributed by atoms with Crippen molar-refractivity contribution in [2.45, 2.75) is 13.5 Å². The number of imidazole rings is 1. The maximum Gasteiger partial charge on any atom is 0.223 e. The van der Waals surface area contributed by atoms with E-state index in [0.29, 0.717) is 29.2 Å². The Morgan fingerprint density at radius 3 is 2.56 bits per heavy atom. The second-order valence-electron chi connectivity index (χ2n) is 5.31. The lowest BCUT2D eigenvalue weighted by atomic mass is 10.1. The molecule has 0 aliphatic rings. The minimum atomic E-state index is 0.0526. The molecule has 0 saturated heterocycles. The van der Waals surface area contributed by atoms with E-state index >= 15 is 0 Å². The van der Waals surface area contributed by atoms with Crippen LogP contribution in [0.25, 0.3) is 11.2 Å². The van der Waals surface area contributed by atoms with E-state index in [1.165, 1.54) is 0 Å². The number of ether oxygens (including phenoxy) is 2. The summed E-state index contributed by atoms with van der Waals surface area (Å²) in [6.07, 6.45) is 0. The molecule has 0 fully saturated rings. The topological polar surface area (TPSA) is 114 Å². The van der Waals surface area contributed by atoms with Gasteiger partial charge in [-0.15, -0.1) is 0 Å². The molecule has 1 aromatic carbocycles. The minimum absolute atomic E-state index is 0.0526. The summed E-state index contributed by atoms with van der Waals surface area (Å²) in [7, 11) is 3.21. The molecule has 0 saturated carbocycles. The first kappa shape index (κ1) is 17.6. The van der Waals surface area contributed by atoms with E-state index in [4.69, 9.17) is 32.5 Å². The fourth-order valence-corrected chi connectivity index (χ4v) is 3.56. The van der Waals surface area contributed by atoms with Crippen molar-refractivity contribution in [3.63, 3.8) is 0 Å². The van der Waals surface area contributed by atoms with Crippen LogP contribution >= 0.6 is 27.5 Å². The highest BCUT2D eigenvalue weighted by Crippen LogP contribution is 2.39. The molecule has 0 radical (unpaired) electrons. The average molecular weight is 428 g/mol. The smallest absolute Gasteiger partial charge is 0.223 e. The Morgan fingerprint density at radius 1 is 1.20 bits per heavy atom. The summed E-state index contributed by atoms with van der Waals surface area (Å²) in [5.74, 6) is 1.69. The number of hydrogen-bond donors (Lipinski definition) is 2. The molecule has 4 N–H and O–H groups in total. The molecule has 0 aliphatic carbocycles. The summed E-state index contributed by atoms with van der Waals surface area (Å²) >= 11 is 9.67. The van der Waals surface area contributed by atoms with Gasteiger partial charge in [-0.1, -0.05) is 11.6 Å². The van der Waals surface area contributed by atoms with Crippen molar-refractivity contribution in [2.75, 3.05) is 25.7 Å².